The van der Waals surface area contributed by atoms with Crippen molar-refractivity contribution in [3.8, 4) is 0 Å². The largest absolute Gasteiger partial charge is 0.317 e. The standard InChI is InChI=1S/C20H19BrClN5O/c1-10(2)26-18-16(25-20(26)21)19(28)27(15-9-11(3)23-12(4)24-15)17(18)13-5-7-14(22)8-6-13/h5-10,17H,1-4H3. The minimum absolute atomic E-state index is 0.127. The first kappa shape index (κ1) is 19.1. The number of hydrogen-bond donors (Lipinski definition) is 0. The molecule has 1 aliphatic heterocycles. The molecule has 144 valence electrons. The summed E-state index contributed by atoms with van der Waals surface area (Å²) in [5.41, 5.74) is 3.04. The molecular weight excluding hydrogens is 442 g/mol. The summed E-state index contributed by atoms with van der Waals surface area (Å²) >= 11 is 9.62. The quantitative estimate of drug-likeness (QED) is 0.549. The van der Waals surface area contributed by atoms with Gasteiger partial charge in [-0.3, -0.25) is 9.69 Å². The van der Waals surface area contributed by atoms with E-state index >= 15 is 0 Å². The Morgan fingerprint density at radius 2 is 1.79 bits per heavy atom. The summed E-state index contributed by atoms with van der Waals surface area (Å²) in [7, 11) is 0. The van der Waals surface area contributed by atoms with Crippen molar-refractivity contribution in [1.82, 2.24) is 19.5 Å². The van der Waals surface area contributed by atoms with Crippen molar-refractivity contribution < 1.29 is 4.79 Å². The van der Waals surface area contributed by atoms with Crippen molar-refractivity contribution in [1.29, 1.82) is 0 Å². The Bertz CT molecular complexity index is 1060. The number of fused-ring (bicyclic) bond motifs is 1. The van der Waals surface area contributed by atoms with E-state index in [1.165, 1.54) is 0 Å². The minimum atomic E-state index is -0.352. The van der Waals surface area contributed by atoms with Gasteiger partial charge in [-0.15, -0.1) is 0 Å². The Labute approximate surface area is 176 Å². The second kappa shape index (κ2) is 6.97. The number of nitrogens with zero attached hydrogens (tertiary/aromatic N) is 5. The molecule has 3 aromatic rings. The Kier molecular flexibility index (Phi) is 4.75. The van der Waals surface area contributed by atoms with E-state index in [0.717, 1.165) is 17.0 Å². The number of aromatic nitrogens is 4. The van der Waals surface area contributed by atoms with Gasteiger partial charge in [0.05, 0.1) is 5.69 Å². The second-order valence-corrected chi connectivity index (χ2v) is 8.27. The molecule has 1 aliphatic rings. The number of imidazole rings is 1. The van der Waals surface area contributed by atoms with Crippen LogP contribution in [0.3, 0.4) is 0 Å². The van der Waals surface area contributed by atoms with Crippen LogP contribution in [0.1, 0.15) is 59.2 Å². The topological polar surface area (TPSA) is 63.9 Å². The number of benzene rings is 1. The summed E-state index contributed by atoms with van der Waals surface area (Å²) in [5, 5.41) is 0.645. The fraction of sp³-hybridized carbons (Fsp3) is 0.300. The van der Waals surface area contributed by atoms with Crippen LogP contribution in [-0.2, 0) is 0 Å². The van der Waals surface area contributed by atoms with Crippen molar-refractivity contribution in [3.05, 3.63) is 68.6 Å². The van der Waals surface area contributed by atoms with Gasteiger partial charge in [0.2, 0.25) is 0 Å². The van der Waals surface area contributed by atoms with Gasteiger partial charge in [0.25, 0.3) is 5.91 Å². The third-order valence-corrected chi connectivity index (χ3v) is 5.56. The van der Waals surface area contributed by atoms with E-state index in [9.17, 15) is 4.79 Å². The molecule has 2 aromatic heterocycles. The van der Waals surface area contributed by atoms with E-state index < -0.39 is 0 Å². The van der Waals surface area contributed by atoms with E-state index in [0.29, 0.717) is 27.1 Å². The van der Waals surface area contributed by atoms with Gasteiger partial charge in [0.1, 0.15) is 17.7 Å². The van der Waals surface area contributed by atoms with Crippen LogP contribution in [0.5, 0.6) is 0 Å². The molecule has 3 heterocycles. The van der Waals surface area contributed by atoms with Crippen molar-refractivity contribution in [2.24, 2.45) is 0 Å². The maximum Gasteiger partial charge on any atom is 0.280 e. The molecule has 0 radical (unpaired) electrons. The smallest absolute Gasteiger partial charge is 0.280 e. The van der Waals surface area contributed by atoms with Gasteiger partial charge in [-0.2, -0.15) is 0 Å². The molecule has 28 heavy (non-hydrogen) atoms. The Balaban J connectivity index is 1.97. The first-order valence-electron chi connectivity index (χ1n) is 8.97. The van der Waals surface area contributed by atoms with Gasteiger partial charge in [0.15, 0.2) is 10.4 Å². The van der Waals surface area contributed by atoms with Crippen LogP contribution in [0.15, 0.2) is 35.1 Å². The minimum Gasteiger partial charge on any atom is -0.317 e. The molecule has 1 amide bonds. The molecule has 4 rings (SSSR count). The molecule has 0 bridgehead atoms. The van der Waals surface area contributed by atoms with E-state index in [-0.39, 0.29) is 18.0 Å². The van der Waals surface area contributed by atoms with Crippen molar-refractivity contribution >= 4 is 39.3 Å². The number of carbonyl (C=O) groups is 1. The molecular formula is C20H19BrClN5O. The highest BCUT2D eigenvalue weighted by atomic mass is 79.9. The van der Waals surface area contributed by atoms with Crippen molar-refractivity contribution in [3.63, 3.8) is 0 Å². The van der Waals surface area contributed by atoms with Crippen molar-refractivity contribution in [2.75, 3.05) is 4.90 Å². The van der Waals surface area contributed by atoms with Gasteiger partial charge >= 0.3 is 0 Å². The fourth-order valence-corrected chi connectivity index (χ4v) is 4.59. The van der Waals surface area contributed by atoms with Crippen LogP contribution in [0.4, 0.5) is 5.82 Å². The molecule has 1 unspecified atom stereocenters. The average Bonchev–Trinajstić information content (AvgIpc) is 3.08. The molecule has 1 atom stereocenters. The molecule has 8 heteroatoms. The fourth-order valence-electron chi connectivity index (χ4n) is 3.69. The highest BCUT2D eigenvalue weighted by Gasteiger charge is 2.45. The zero-order valence-corrected chi connectivity index (χ0v) is 18.3. The SMILES string of the molecule is Cc1cc(N2C(=O)c3nc(Br)n(C(C)C)c3C2c2ccc(Cl)cc2)nc(C)n1. The second-order valence-electron chi connectivity index (χ2n) is 7.12. The summed E-state index contributed by atoms with van der Waals surface area (Å²) in [6.07, 6.45) is 0. The van der Waals surface area contributed by atoms with E-state index in [1.54, 1.807) is 4.90 Å². The molecule has 0 saturated carbocycles. The number of carbonyl (C=O) groups excluding carboxylic acids is 1. The van der Waals surface area contributed by atoms with Gasteiger partial charge < -0.3 is 4.57 Å². The predicted octanol–water partition coefficient (Wildman–Crippen LogP) is 5.04. The third kappa shape index (κ3) is 3.02. The number of rotatable bonds is 3. The summed E-state index contributed by atoms with van der Waals surface area (Å²) in [6, 6.07) is 9.15. The zero-order chi connectivity index (χ0) is 20.2. The number of anilines is 1. The zero-order valence-electron chi connectivity index (χ0n) is 15.9. The summed E-state index contributed by atoms with van der Waals surface area (Å²) in [4.78, 5) is 28.5. The van der Waals surface area contributed by atoms with Crippen LogP contribution in [0.25, 0.3) is 0 Å². The molecule has 0 saturated heterocycles. The molecule has 1 aromatic carbocycles. The van der Waals surface area contributed by atoms with Crippen LogP contribution in [-0.4, -0.2) is 25.4 Å². The summed E-state index contributed by atoms with van der Waals surface area (Å²) in [5.74, 6) is 1.02. The number of amides is 1. The first-order valence-corrected chi connectivity index (χ1v) is 10.1. The summed E-state index contributed by atoms with van der Waals surface area (Å²) < 4.78 is 2.70. The maximum absolute atomic E-state index is 13.4. The predicted molar refractivity (Wildman–Crippen MR) is 112 cm³/mol. The van der Waals surface area contributed by atoms with E-state index in [1.807, 2.05) is 48.7 Å². The van der Waals surface area contributed by atoms with Gasteiger partial charge in [0, 0.05) is 22.8 Å². The molecule has 6 nitrogen and oxygen atoms in total. The first-order chi connectivity index (χ1) is 13.3. The maximum atomic E-state index is 13.4. The number of aryl methyl sites for hydroxylation is 2. The normalized spacial score (nSPS) is 16.2. The van der Waals surface area contributed by atoms with Crippen molar-refractivity contribution in [2.45, 2.75) is 39.8 Å². The summed E-state index contributed by atoms with van der Waals surface area (Å²) in [6.45, 7) is 7.85. The number of hydrogen-bond acceptors (Lipinski definition) is 4. The monoisotopic (exact) mass is 459 g/mol. The Morgan fingerprint density at radius 3 is 2.39 bits per heavy atom. The lowest BCUT2D eigenvalue weighted by atomic mass is 10.0. The Morgan fingerprint density at radius 1 is 1.11 bits per heavy atom. The van der Waals surface area contributed by atoms with Gasteiger partial charge in [-0.1, -0.05) is 23.7 Å². The van der Waals surface area contributed by atoms with Crippen LogP contribution >= 0.6 is 27.5 Å². The van der Waals surface area contributed by atoms with E-state index in [4.69, 9.17) is 11.6 Å². The third-order valence-electron chi connectivity index (χ3n) is 4.75. The number of halogens is 2. The lowest BCUT2D eigenvalue weighted by Gasteiger charge is -2.27. The van der Waals surface area contributed by atoms with Crippen LogP contribution in [0.2, 0.25) is 5.02 Å². The van der Waals surface area contributed by atoms with Crippen LogP contribution < -0.4 is 4.90 Å². The Hall–Kier alpha value is -2.25. The van der Waals surface area contributed by atoms with E-state index in [2.05, 4.69) is 44.7 Å². The molecule has 0 spiro atoms. The molecule has 0 N–H and O–H groups in total. The molecule has 0 aliphatic carbocycles. The average molecular weight is 461 g/mol. The highest BCUT2D eigenvalue weighted by molar-refractivity contribution is 9.10. The lowest BCUT2D eigenvalue weighted by molar-refractivity contribution is 0.0988. The van der Waals surface area contributed by atoms with Gasteiger partial charge in [-0.05, 0) is 61.3 Å². The highest BCUT2D eigenvalue weighted by Crippen LogP contribution is 2.43. The molecule has 0 fully saturated rings. The van der Waals surface area contributed by atoms with Gasteiger partial charge in [-0.25, -0.2) is 15.0 Å². The van der Waals surface area contributed by atoms with Crippen LogP contribution in [0, 0.1) is 13.8 Å². The lowest BCUT2D eigenvalue weighted by Crippen LogP contribution is -2.31.